The minimum absolute atomic E-state index is 0.305. The van der Waals surface area contributed by atoms with Gasteiger partial charge in [0.15, 0.2) is 0 Å². The molecule has 0 radical (unpaired) electrons. The Kier molecular flexibility index (Phi) is 3.06. The molecule has 1 aromatic rings. The first-order chi connectivity index (χ1) is 7.66. The lowest BCUT2D eigenvalue weighted by Gasteiger charge is -2.26. The largest absolute Gasteiger partial charge is 0.466 e. The van der Waals surface area contributed by atoms with Crippen LogP contribution in [-0.4, -0.2) is 34.6 Å². The molecule has 0 amide bonds. The Labute approximate surface area is 92.4 Å². The van der Waals surface area contributed by atoms with Crippen molar-refractivity contribution in [2.75, 3.05) is 7.11 Å². The quantitative estimate of drug-likeness (QED) is 0.644. The highest BCUT2D eigenvalue weighted by atomic mass is 19.4. The fraction of sp³-hybridized carbons (Fsp3) is 0.500. The third-order valence-corrected chi connectivity index (χ3v) is 2.22. The number of aryl methyl sites for hydroxylation is 1. The van der Waals surface area contributed by atoms with Crippen molar-refractivity contribution in [3.8, 4) is 0 Å². The van der Waals surface area contributed by atoms with Gasteiger partial charge in [0.25, 0.3) is 11.2 Å². The second kappa shape index (κ2) is 3.91. The molecule has 1 unspecified atom stereocenters. The van der Waals surface area contributed by atoms with Crippen LogP contribution < -0.4 is 5.56 Å². The van der Waals surface area contributed by atoms with Gasteiger partial charge in [0.05, 0.1) is 12.7 Å². The fourth-order valence-corrected chi connectivity index (χ4v) is 1.39. The molecule has 1 heterocycles. The van der Waals surface area contributed by atoms with E-state index >= 15 is 0 Å². The highest BCUT2D eigenvalue weighted by Crippen LogP contribution is 2.39. The van der Waals surface area contributed by atoms with Crippen LogP contribution in [0.5, 0.6) is 0 Å². The van der Waals surface area contributed by atoms with Crippen LogP contribution in [0.2, 0.25) is 0 Å². The number of carbonyl (C=O) groups is 1. The molecule has 3 N–H and O–H groups in total. The molecular weight excluding hydrogens is 245 g/mol. The highest BCUT2D eigenvalue weighted by molar-refractivity contribution is 5.82. The van der Waals surface area contributed by atoms with E-state index in [-0.39, 0.29) is 5.69 Å². The molecule has 0 spiro atoms. The molecule has 0 aliphatic rings. The van der Waals surface area contributed by atoms with Gasteiger partial charge in [-0.25, -0.2) is 4.79 Å². The lowest BCUT2D eigenvalue weighted by Crippen LogP contribution is -2.52. The maximum absolute atomic E-state index is 12.7. The van der Waals surface area contributed by atoms with Crippen LogP contribution in [0, 0.1) is 6.92 Å². The van der Waals surface area contributed by atoms with Gasteiger partial charge in [0.2, 0.25) is 0 Å². The predicted molar refractivity (Wildman–Crippen MR) is 48.1 cm³/mol. The Morgan fingerprint density at radius 1 is 1.35 bits per heavy atom. The van der Waals surface area contributed by atoms with Gasteiger partial charge in [-0.2, -0.15) is 13.2 Å². The third kappa shape index (κ3) is 1.82. The minimum Gasteiger partial charge on any atom is -0.466 e. The summed E-state index contributed by atoms with van der Waals surface area (Å²) in [5, 5.41) is 13.4. The van der Waals surface area contributed by atoms with E-state index in [9.17, 15) is 27.9 Å². The number of H-pyrrole nitrogens is 2. The van der Waals surface area contributed by atoms with E-state index in [1.54, 1.807) is 0 Å². The Balaban J connectivity index is 3.57. The van der Waals surface area contributed by atoms with Gasteiger partial charge in [0, 0.05) is 5.69 Å². The van der Waals surface area contributed by atoms with Crippen molar-refractivity contribution in [2.45, 2.75) is 18.7 Å². The first-order valence-electron chi connectivity index (χ1n) is 4.31. The van der Waals surface area contributed by atoms with Crippen molar-refractivity contribution in [1.82, 2.24) is 10.2 Å². The van der Waals surface area contributed by atoms with Crippen molar-refractivity contribution in [1.29, 1.82) is 0 Å². The van der Waals surface area contributed by atoms with Crippen molar-refractivity contribution < 1.29 is 27.8 Å². The molecule has 6 nitrogen and oxygen atoms in total. The maximum Gasteiger partial charge on any atom is 0.432 e. The number of alkyl halides is 3. The summed E-state index contributed by atoms with van der Waals surface area (Å²) in [6.45, 7) is 1.10. The van der Waals surface area contributed by atoms with E-state index in [0.717, 1.165) is 6.92 Å². The molecule has 1 rings (SSSR count). The standard InChI is InChI=1S/C8H9F3N2O4/c1-3-4(5(14)13-12-3)7(16,6(15)17-2)8(9,10)11/h16H,1-2H3,(H2,12,13,14). The molecule has 17 heavy (non-hydrogen) atoms. The van der Waals surface area contributed by atoms with Crippen LogP contribution >= 0.6 is 0 Å². The number of rotatable bonds is 2. The third-order valence-electron chi connectivity index (χ3n) is 2.22. The van der Waals surface area contributed by atoms with Crippen molar-refractivity contribution in [3.05, 3.63) is 21.6 Å². The zero-order valence-electron chi connectivity index (χ0n) is 8.81. The second-order valence-corrected chi connectivity index (χ2v) is 3.28. The topological polar surface area (TPSA) is 95.2 Å². The Morgan fingerprint density at radius 2 is 1.88 bits per heavy atom. The Bertz CT molecular complexity index is 490. The van der Waals surface area contributed by atoms with E-state index < -0.39 is 28.9 Å². The van der Waals surface area contributed by atoms with Gasteiger partial charge in [0.1, 0.15) is 0 Å². The average Bonchev–Trinajstić information content (AvgIpc) is 2.55. The molecule has 9 heteroatoms. The first-order valence-corrected chi connectivity index (χ1v) is 4.31. The Morgan fingerprint density at radius 3 is 2.18 bits per heavy atom. The van der Waals surface area contributed by atoms with Gasteiger partial charge in [-0.05, 0) is 6.92 Å². The number of methoxy groups -OCH3 is 1. The number of aromatic nitrogens is 2. The van der Waals surface area contributed by atoms with E-state index in [4.69, 9.17) is 0 Å². The molecule has 0 saturated carbocycles. The zero-order valence-corrected chi connectivity index (χ0v) is 8.81. The highest BCUT2D eigenvalue weighted by Gasteiger charge is 2.64. The van der Waals surface area contributed by atoms with Crippen molar-refractivity contribution >= 4 is 5.97 Å². The number of ether oxygens (including phenoxy) is 1. The van der Waals surface area contributed by atoms with Gasteiger partial charge < -0.3 is 14.9 Å². The van der Waals surface area contributed by atoms with E-state index in [1.807, 2.05) is 5.10 Å². The summed E-state index contributed by atoms with van der Waals surface area (Å²) in [5.74, 6) is -1.97. The van der Waals surface area contributed by atoms with Gasteiger partial charge >= 0.3 is 12.1 Å². The number of carbonyl (C=O) groups excluding carboxylic acids is 1. The molecule has 0 aliphatic carbocycles. The van der Waals surface area contributed by atoms with Gasteiger partial charge in [-0.15, -0.1) is 0 Å². The summed E-state index contributed by atoms with van der Waals surface area (Å²) in [6, 6.07) is 0. The number of hydrogen-bond donors (Lipinski definition) is 3. The summed E-state index contributed by atoms with van der Waals surface area (Å²) in [5.41, 5.74) is -6.66. The van der Waals surface area contributed by atoms with Crippen LogP contribution in [0.1, 0.15) is 11.3 Å². The van der Waals surface area contributed by atoms with Crippen molar-refractivity contribution in [3.63, 3.8) is 0 Å². The number of hydrogen-bond acceptors (Lipinski definition) is 4. The molecule has 0 fully saturated rings. The summed E-state index contributed by atoms with van der Waals surface area (Å²) in [6.07, 6.45) is -5.37. The maximum atomic E-state index is 12.7. The smallest absolute Gasteiger partial charge is 0.432 e. The number of aromatic amines is 2. The molecule has 96 valence electrons. The zero-order chi connectivity index (χ0) is 13.4. The summed E-state index contributed by atoms with van der Waals surface area (Å²) in [7, 11) is 0.676. The average molecular weight is 254 g/mol. The molecule has 1 aromatic heterocycles. The van der Waals surface area contributed by atoms with Crippen molar-refractivity contribution in [2.24, 2.45) is 0 Å². The lowest BCUT2D eigenvalue weighted by atomic mass is 9.93. The molecule has 0 bridgehead atoms. The predicted octanol–water partition coefficient (Wildman–Crippen LogP) is -0.0657. The normalized spacial score (nSPS) is 15.4. The number of halogens is 3. The van der Waals surface area contributed by atoms with E-state index in [1.165, 1.54) is 0 Å². The minimum atomic E-state index is -5.37. The van der Waals surface area contributed by atoms with E-state index in [0.29, 0.717) is 7.11 Å². The molecule has 1 atom stereocenters. The Hall–Kier alpha value is -1.77. The first kappa shape index (κ1) is 13.3. The summed E-state index contributed by atoms with van der Waals surface area (Å²) >= 11 is 0. The number of nitrogens with one attached hydrogen (secondary N) is 2. The van der Waals surface area contributed by atoms with Crippen LogP contribution in [0.3, 0.4) is 0 Å². The second-order valence-electron chi connectivity index (χ2n) is 3.28. The van der Waals surface area contributed by atoms with E-state index in [2.05, 4.69) is 9.84 Å². The number of esters is 1. The molecule has 0 aliphatic heterocycles. The summed E-state index contributed by atoms with van der Waals surface area (Å²) in [4.78, 5) is 22.3. The van der Waals surface area contributed by atoms with Crippen LogP contribution in [0.25, 0.3) is 0 Å². The fourth-order valence-electron chi connectivity index (χ4n) is 1.39. The molecule has 0 aromatic carbocycles. The van der Waals surface area contributed by atoms with Crippen LogP contribution in [-0.2, 0) is 15.1 Å². The van der Waals surface area contributed by atoms with Crippen LogP contribution in [0.15, 0.2) is 4.79 Å². The summed E-state index contributed by atoms with van der Waals surface area (Å²) < 4.78 is 42.1. The number of aliphatic hydroxyl groups is 1. The van der Waals surface area contributed by atoms with Gasteiger partial charge in [-0.1, -0.05) is 0 Å². The molecule has 0 saturated heterocycles. The SMILES string of the molecule is COC(=O)C(O)(c1c(C)[nH][nH]c1=O)C(F)(F)F. The lowest BCUT2D eigenvalue weighted by molar-refractivity contribution is -0.267. The monoisotopic (exact) mass is 254 g/mol. The molecular formula is C8H9F3N2O4. The van der Waals surface area contributed by atoms with Crippen LogP contribution in [0.4, 0.5) is 13.2 Å². The van der Waals surface area contributed by atoms with Gasteiger partial charge in [-0.3, -0.25) is 9.89 Å².